The van der Waals surface area contributed by atoms with E-state index in [-0.39, 0.29) is 0 Å². The summed E-state index contributed by atoms with van der Waals surface area (Å²) in [5.74, 6) is 2.16. The van der Waals surface area contributed by atoms with E-state index in [2.05, 4.69) is 31.6 Å². The van der Waals surface area contributed by atoms with Crippen molar-refractivity contribution in [1.29, 1.82) is 0 Å². The second-order valence-electron chi connectivity index (χ2n) is 4.87. The Morgan fingerprint density at radius 3 is 2.83 bits per heavy atom. The number of hydrogen-bond donors (Lipinski definition) is 1. The van der Waals surface area contributed by atoms with E-state index in [0.29, 0.717) is 12.5 Å². The van der Waals surface area contributed by atoms with Gasteiger partial charge in [-0.25, -0.2) is 0 Å². The van der Waals surface area contributed by atoms with E-state index >= 15 is 0 Å². The summed E-state index contributed by atoms with van der Waals surface area (Å²) >= 11 is 4.23. The van der Waals surface area contributed by atoms with Gasteiger partial charge >= 0.3 is 0 Å². The molecule has 0 radical (unpaired) electrons. The molecule has 0 aliphatic heterocycles. The second-order valence-corrected chi connectivity index (χ2v) is 5.32. The maximum absolute atomic E-state index is 5.77. The molecule has 3 nitrogen and oxygen atoms in total. The summed E-state index contributed by atoms with van der Waals surface area (Å²) < 4.78 is 11.2. The number of thiol groups is 1. The molecule has 0 unspecified atom stereocenters. The second kappa shape index (κ2) is 5.65. The summed E-state index contributed by atoms with van der Waals surface area (Å²) in [7, 11) is 0. The van der Waals surface area contributed by atoms with Gasteiger partial charge in [0, 0.05) is 17.4 Å². The van der Waals surface area contributed by atoms with Crippen molar-refractivity contribution in [2.24, 2.45) is 5.92 Å². The first-order valence-electron chi connectivity index (χ1n) is 6.25. The molecule has 0 spiro atoms. The van der Waals surface area contributed by atoms with Gasteiger partial charge in [0.1, 0.15) is 5.75 Å². The van der Waals surface area contributed by atoms with Crippen molar-refractivity contribution in [3.05, 3.63) is 23.4 Å². The first-order valence-corrected chi connectivity index (χ1v) is 6.88. The van der Waals surface area contributed by atoms with Gasteiger partial charge < -0.3 is 9.26 Å². The van der Waals surface area contributed by atoms with Crippen LogP contribution in [0.4, 0.5) is 0 Å². The van der Waals surface area contributed by atoms with E-state index < -0.39 is 0 Å². The molecule has 0 atom stereocenters. The lowest BCUT2D eigenvalue weighted by Crippen LogP contribution is -2.05. The Labute approximate surface area is 113 Å². The lowest BCUT2D eigenvalue weighted by molar-refractivity contribution is 0.269. The van der Waals surface area contributed by atoms with Crippen LogP contribution >= 0.6 is 12.6 Å². The van der Waals surface area contributed by atoms with E-state index in [9.17, 15) is 0 Å². The van der Waals surface area contributed by atoms with Crippen LogP contribution in [0, 0.1) is 12.8 Å². The largest absolute Gasteiger partial charge is 0.493 e. The standard InChI is InChI=1S/C14H19NO2S/c1-9(2)8-16-13-5-4-11-12(6-7-18)15-17-14(11)10(13)3/h4-5,9,18H,6-8H2,1-3H3. The summed E-state index contributed by atoms with van der Waals surface area (Å²) in [6, 6.07) is 4.02. The predicted octanol–water partition coefficient (Wildman–Crippen LogP) is 3.64. The highest BCUT2D eigenvalue weighted by molar-refractivity contribution is 7.80. The van der Waals surface area contributed by atoms with E-state index in [0.717, 1.165) is 40.1 Å². The van der Waals surface area contributed by atoms with Crippen LogP contribution in [0.1, 0.15) is 25.1 Å². The molecule has 0 saturated heterocycles. The molecular formula is C14H19NO2S. The lowest BCUT2D eigenvalue weighted by Gasteiger charge is -2.10. The van der Waals surface area contributed by atoms with Gasteiger partial charge in [0.25, 0.3) is 0 Å². The summed E-state index contributed by atoms with van der Waals surface area (Å²) in [5, 5.41) is 5.17. The van der Waals surface area contributed by atoms with Gasteiger partial charge in [0.05, 0.1) is 12.3 Å². The van der Waals surface area contributed by atoms with Crippen LogP contribution in [0.5, 0.6) is 5.75 Å². The molecule has 2 rings (SSSR count). The SMILES string of the molecule is Cc1c(OCC(C)C)ccc2c(CCS)noc12. The summed E-state index contributed by atoms with van der Waals surface area (Å²) in [6.45, 7) is 6.98. The number of aryl methyl sites for hydroxylation is 2. The molecule has 4 heteroatoms. The van der Waals surface area contributed by atoms with Crippen LogP contribution in [0.3, 0.4) is 0 Å². The summed E-state index contributed by atoms with van der Waals surface area (Å²) in [5.41, 5.74) is 2.82. The number of aromatic nitrogens is 1. The van der Waals surface area contributed by atoms with Gasteiger partial charge in [0.2, 0.25) is 0 Å². The Morgan fingerprint density at radius 2 is 2.17 bits per heavy atom. The monoisotopic (exact) mass is 265 g/mol. The highest BCUT2D eigenvalue weighted by atomic mass is 32.1. The molecule has 0 fully saturated rings. The Hall–Kier alpha value is -1.16. The number of rotatable bonds is 5. The van der Waals surface area contributed by atoms with E-state index in [1.54, 1.807) is 0 Å². The van der Waals surface area contributed by atoms with Crippen molar-refractivity contribution in [2.45, 2.75) is 27.2 Å². The van der Waals surface area contributed by atoms with Crippen LogP contribution in [0.15, 0.2) is 16.7 Å². The quantitative estimate of drug-likeness (QED) is 0.838. The van der Waals surface area contributed by atoms with E-state index in [1.807, 2.05) is 19.1 Å². The molecule has 0 bridgehead atoms. The van der Waals surface area contributed by atoms with Gasteiger partial charge in [-0.3, -0.25) is 0 Å². The average Bonchev–Trinajstić information content (AvgIpc) is 2.73. The fourth-order valence-electron chi connectivity index (χ4n) is 1.87. The van der Waals surface area contributed by atoms with Crippen molar-refractivity contribution in [2.75, 3.05) is 12.4 Å². The fraction of sp³-hybridized carbons (Fsp3) is 0.500. The van der Waals surface area contributed by atoms with Gasteiger partial charge in [-0.05, 0) is 30.7 Å². The first-order chi connectivity index (χ1) is 8.63. The lowest BCUT2D eigenvalue weighted by atomic mass is 10.1. The van der Waals surface area contributed by atoms with Crippen molar-refractivity contribution in [3.8, 4) is 5.75 Å². The van der Waals surface area contributed by atoms with Crippen molar-refractivity contribution in [3.63, 3.8) is 0 Å². The van der Waals surface area contributed by atoms with Gasteiger partial charge in [-0.1, -0.05) is 19.0 Å². The maximum Gasteiger partial charge on any atom is 0.173 e. The molecule has 18 heavy (non-hydrogen) atoms. The highest BCUT2D eigenvalue weighted by Gasteiger charge is 2.13. The zero-order valence-electron chi connectivity index (χ0n) is 11.1. The predicted molar refractivity (Wildman–Crippen MR) is 76.6 cm³/mol. The molecule has 0 amide bonds. The average molecular weight is 265 g/mol. The van der Waals surface area contributed by atoms with Crippen molar-refractivity contribution < 1.29 is 9.26 Å². The van der Waals surface area contributed by atoms with Crippen LogP contribution in [-0.4, -0.2) is 17.5 Å². The van der Waals surface area contributed by atoms with Crippen LogP contribution in [0.2, 0.25) is 0 Å². The van der Waals surface area contributed by atoms with Crippen molar-refractivity contribution in [1.82, 2.24) is 5.16 Å². The number of nitrogens with zero attached hydrogens (tertiary/aromatic N) is 1. The molecular weight excluding hydrogens is 246 g/mol. The number of fused-ring (bicyclic) bond motifs is 1. The fourth-order valence-corrected chi connectivity index (χ4v) is 2.08. The Morgan fingerprint density at radius 1 is 1.39 bits per heavy atom. The number of ether oxygens (including phenoxy) is 1. The Kier molecular flexibility index (Phi) is 4.17. The molecule has 2 aromatic rings. The van der Waals surface area contributed by atoms with Gasteiger partial charge in [-0.2, -0.15) is 12.6 Å². The molecule has 1 aromatic carbocycles. The Bertz CT molecular complexity index is 534. The number of hydrogen-bond acceptors (Lipinski definition) is 4. The first kappa shape index (κ1) is 13.3. The van der Waals surface area contributed by atoms with Crippen LogP contribution < -0.4 is 4.74 Å². The number of benzene rings is 1. The van der Waals surface area contributed by atoms with Crippen LogP contribution in [-0.2, 0) is 6.42 Å². The van der Waals surface area contributed by atoms with Gasteiger partial charge in [0.15, 0.2) is 5.58 Å². The summed E-state index contributed by atoms with van der Waals surface area (Å²) in [6.07, 6.45) is 0.821. The summed E-state index contributed by atoms with van der Waals surface area (Å²) in [4.78, 5) is 0. The third-order valence-corrected chi connectivity index (χ3v) is 3.06. The third-order valence-electron chi connectivity index (χ3n) is 2.83. The van der Waals surface area contributed by atoms with Gasteiger partial charge in [-0.15, -0.1) is 0 Å². The zero-order chi connectivity index (χ0) is 13.1. The van der Waals surface area contributed by atoms with E-state index in [1.165, 1.54) is 0 Å². The minimum absolute atomic E-state index is 0.509. The van der Waals surface area contributed by atoms with Crippen molar-refractivity contribution >= 4 is 23.6 Å². The molecule has 98 valence electrons. The third kappa shape index (κ3) is 2.64. The molecule has 0 N–H and O–H groups in total. The molecule has 0 aliphatic rings. The molecule has 0 saturated carbocycles. The smallest absolute Gasteiger partial charge is 0.173 e. The highest BCUT2D eigenvalue weighted by Crippen LogP contribution is 2.29. The molecule has 0 aliphatic carbocycles. The topological polar surface area (TPSA) is 35.3 Å². The zero-order valence-corrected chi connectivity index (χ0v) is 12.0. The van der Waals surface area contributed by atoms with E-state index in [4.69, 9.17) is 9.26 Å². The normalized spacial score (nSPS) is 11.4. The Balaban J connectivity index is 2.33. The maximum atomic E-state index is 5.77. The minimum atomic E-state index is 0.509. The molecule has 1 heterocycles. The molecule has 1 aromatic heterocycles. The minimum Gasteiger partial charge on any atom is -0.493 e. The van der Waals surface area contributed by atoms with Crippen LogP contribution in [0.25, 0.3) is 11.0 Å².